The summed E-state index contributed by atoms with van der Waals surface area (Å²) in [6.07, 6.45) is 0. The van der Waals surface area contributed by atoms with Gasteiger partial charge in [0.2, 0.25) is 0 Å². The van der Waals surface area contributed by atoms with Gasteiger partial charge in [0.1, 0.15) is 12.4 Å². The van der Waals surface area contributed by atoms with Gasteiger partial charge in [-0.15, -0.1) is 11.3 Å². The Kier molecular flexibility index (Phi) is 5.43. The van der Waals surface area contributed by atoms with E-state index in [1.165, 1.54) is 6.92 Å². The van der Waals surface area contributed by atoms with Crippen LogP contribution in [0.1, 0.15) is 38.3 Å². The number of hydrogen-bond donors (Lipinski definition) is 1. The molecule has 0 radical (unpaired) electrons. The van der Waals surface area contributed by atoms with Gasteiger partial charge in [0.05, 0.1) is 10.7 Å². The highest BCUT2D eigenvalue weighted by molar-refractivity contribution is 7.09. The second-order valence-electron chi connectivity index (χ2n) is 5.76. The summed E-state index contributed by atoms with van der Waals surface area (Å²) in [7, 11) is 0. The maximum Gasteiger partial charge on any atom is 0.255 e. The Labute approximate surface area is 155 Å². The molecule has 0 atom stereocenters. The minimum atomic E-state index is -0.240. The Morgan fingerprint density at radius 3 is 2.54 bits per heavy atom. The lowest BCUT2D eigenvalue weighted by atomic mass is 10.1. The van der Waals surface area contributed by atoms with E-state index in [1.54, 1.807) is 59.9 Å². The highest BCUT2D eigenvalue weighted by Crippen LogP contribution is 2.18. The van der Waals surface area contributed by atoms with Crippen LogP contribution in [0.5, 0.6) is 5.75 Å². The topological polar surface area (TPSA) is 68.3 Å². The molecule has 3 rings (SSSR count). The highest BCUT2D eigenvalue weighted by atomic mass is 32.1. The molecular formula is C20H18N2O3S. The maximum absolute atomic E-state index is 12.4. The fourth-order valence-electron chi connectivity index (χ4n) is 2.35. The first-order valence-corrected chi connectivity index (χ1v) is 8.95. The molecule has 3 aromatic rings. The number of nitrogens with zero attached hydrogens (tertiary/aromatic N) is 1. The van der Waals surface area contributed by atoms with Crippen LogP contribution in [0.4, 0.5) is 5.69 Å². The molecule has 26 heavy (non-hydrogen) atoms. The van der Waals surface area contributed by atoms with Crippen molar-refractivity contribution < 1.29 is 14.3 Å². The Morgan fingerprint density at radius 2 is 1.88 bits per heavy atom. The van der Waals surface area contributed by atoms with Crippen LogP contribution in [0.2, 0.25) is 0 Å². The second kappa shape index (κ2) is 7.93. The normalized spacial score (nSPS) is 10.4. The van der Waals surface area contributed by atoms with E-state index < -0.39 is 0 Å². The first kappa shape index (κ1) is 17.8. The number of rotatable bonds is 6. The average Bonchev–Trinajstić information content (AvgIpc) is 3.06. The molecule has 1 heterocycles. The number of hydrogen-bond acceptors (Lipinski definition) is 5. The van der Waals surface area contributed by atoms with Crippen molar-refractivity contribution in [3.8, 4) is 5.75 Å². The number of amides is 1. The number of ketones is 1. The predicted octanol–water partition coefficient (Wildman–Crippen LogP) is 4.49. The van der Waals surface area contributed by atoms with Crippen LogP contribution in [-0.4, -0.2) is 16.7 Å². The van der Waals surface area contributed by atoms with Crippen LogP contribution in [0, 0.1) is 6.92 Å². The average molecular weight is 366 g/mol. The molecule has 0 aliphatic rings. The van der Waals surface area contributed by atoms with Gasteiger partial charge >= 0.3 is 0 Å². The molecule has 0 fully saturated rings. The summed E-state index contributed by atoms with van der Waals surface area (Å²) in [5, 5.41) is 5.76. The van der Waals surface area contributed by atoms with Gasteiger partial charge in [-0.3, -0.25) is 9.59 Å². The Bertz CT molecular complexity index is 932. The summed E-state index contributed by atoms with van der Waals surface area (Å²) in [5.74, 6) is 0.355. The molecule has 0 aliphatic carbocycles. The summed E-state index contributed by atoms with van der Waals surface area (Å²) in [5.41, 5.74) is 2.60. The number of thiazole rings is 1. The second-order valence-corrected chi connectivity index (χ2v) is 6.82. The van der Waals surface area contributed by atoms with Crippen molar-refractivity contribution in [2.24, 2.45) is 0 Å². The van der Waals surface area contributed by atoms with Gasteiger partial charge in [0, 0.05) is 22.2 Å². The molecule has 0 saturated heterocycles. The minimum Gasteiger partial charge on any atom is -0.487 e. The zero-order valence-electron chi connectivity index (χ0n) is 14.5. The third-order valence-corrected chi connectivity index (χ3v) is 4.52. The zero-order valence-corrected chi connectivity index (χ0v) is 15.3. The van der Waals surface area contributed by atoms with E-state index >= 15 is 0 Å². The monoisotopic (exact) mass is 366 g/mol. The smallest absolute Gasteiger partial charge is 0.255 e. The van der Waals surface area contributed by atoms with Crippen molar-refractivity contribution in [2.75, 3.05) is 5.32 Å². The number of anilines is 1. The first-order chi connectivity index (χ1) is 12.5. The lowest BCUT2D eigenvalue weighted by Crippen LogP contribution is -2.12. The summed E-state index contributed by atoms with van der Waals surface area (Å²) in [4.78, 5) is 28.1. The SMILES string of the molecule is CC(=O)c1ccc(NC(=O)c2cccc(OCc3csc(C)n3)c2)cc1. The van der Waals surface area contributed by atoms with Crippen LogP contribution in [-0.2, 0) is 6.61 Å². The van der Waals surface area contributed by atoms with E-state index in [9.17, 15) is 9.59 Å². The quantitative estimate of drug-likeness (QED) is 0.653. The van der Waals surface area contributed by atoms with Gasteiger partial charge in [-0.1, -0.05) is 6.07 Å². The lowest BCUT2D eigenvalue weighted by molar-refractivity contribution is 0.101. The molecule has 1 aromatic heterocycles. The van der Waals surface area contributed by atoms with Crippen molar-refractivity contribution in [1.29, 1.82) is 0 Å². The van der Waals surface area contributed by atoms with Crippen molar-refractivity contribution >= 4 is 28.7 Å². The first-order valence-electron chi connectivity index (χ1n) is 8.07. The van der Waals surface area contributed by atoms with Crippen molar-refractivity contribution in [3.05, 3.63) is 75.7 Å². The van der Waals surface area contributed by atoms with Crippen LogP contribution >= 0.6 is 11.3 Å². The van der Waals surface area contributed by atoms with Crippen LogP contribution in [0.15, 0.2) is 53.9 Å². The standard InChI is InChI=1S/C20H18N2O3S/c1-13(23)15-6-8-17(9-7-15)22-20(24)16-4-3-5-19(10-16)25-11-18-12-26-14(2)21-18/h3-10,12H,11H2,1-2H3,(H,22,24). The molecular weight excluding hydrogens is 348 g/mol. The number of aryl methyl sites for hydroxylation is 1. The molecule has 0 aliphatic heterocycles. The van der Waals surface area contributed by atoms with Gasteiger partial charge in [-0.05, 0) is 56.3 Å². The molecule has 0 unspecified atom stereocenters. The minimum absolute atomic E-state index is 0.0111. The van der Waals surface area contributed by atoms with Crippen molar-refractivity contribution in [3.63, 3.8) is 0 Å². The number of carbonyl (C=O) groups is 2. The number of benzene rings is 2. The van der Waals surface area contributed by atoms with Gasteiger partial charge in [0.15, 0.2) is 5.78 Å². The van der Waals surface area contributed by atoms with E-state index in [2.05, 4.69) is 10.3 Å². The zero-order chi connectivity index (χ0) is 18.5. The molecule has 0 spiro atoms. The molecule has 5 nitrogen and oxygen atoms in total. The lowest BCUT2D eigenvalue weighted by Gasteiger charge is -2.08. The number of ether oxygens (including phenoxy) is 1. The molecule has 6 heteroatoms. The number of aromatic nitrogens is 1. The molecule has 1 amide bonds. The van der Waals surface area contributed by atoms with Crippen molar-refractivity contribution in [2.45, 2.75) is 20.5 Å². The Morgan fingerprint density at radius 1 is 1.12 bits per heavy atom. The Balaban J connectivity index is 1.64. The molecule has 0 bridgehead atoms. The van der Waals surface area contributed by atoms with Gasteiger partial charge in [0.25, 0.3) is 5.91 Å². The van der Waals surface area contributed by atoms with Gasteiger partial charge in [-0.25, -0.2) is 4.98 Å². The largest absolute Gasteiger partial charge is 0.487 e. The summed E-state index contributed by atoms with van der Waals surface area (Å²) in [6, 6.07) is 13.8. The fraction of sp³-hybridized carbons (Fsp3) is 0.150. The Hall–Kier alpha value is -2.99. The van der Waals surface area contributed by atoms with E-state index in [1.807, 2.05) is 12.3 Å². The maximum atomic E-state index is 12.4. The molecule has 132 valence electrons. The van der Waals surface area contributed by atoms with E-state index in [0.717, 1.165) is 10.7 Å². The van der Waals surface area contributed by atoms with Crippen LogP contribution in [0.3, 0.4) is 0 Å². The number of Topliss-reactive ketones (excluding diaryl/α,β-unsaturated/α-hetero) is 1. The summed E-state index contributed by atoms with van der Waals surface area (Å²) in [6.45, 7) is 3.82. The van der Waals surface area contributed by atoms with Crippen molar-refractivity contribution in [1.82, 2.24) is 4.98 Å². The molecule has 1 N–H and O–H groups in total. The third kappa shape index (κ3) is 4.55. The fourth-order valence-corrected chi connectivity index (χ4v) is 2.95. The predicted molar refractivity (Wildman–Crippen MR) is 102 cm³/mol. The van der Waals surface area contributed by atoms with Crippen LogP contribution < -0.4 is 10.1 Å². The number of nitrogens with one attached hydrogen (secondary N) is 1. The number of carbonyl (C=O) groups excluding carboxylic acids is 2. The van der Waals surface area contributed by atoms with E-state index in [-0.39, 0.29) is 11.7 Å². The van der Waals surface area contributed by atoms with Crippen LogP contribution in [0.25, 0.3) is 0 Å². The third-order valence-electron chi connectivity index (χ3n) is 3.70. The van der Waals surface area contributed by atoms with Gasteiger partial charge < -0.3 is 10.1 Å². The van der Waals surface area contributed by atoms with Gasteiger partial charge in [-0.2, -0.15) is 0 Å². The summed E-state index contributed by atoms with van der Waals surface area (Å²) < 4.78 is 5.72. The van der Waals surface area contributed by atoms with E-state index in [4.69, 9.17) is 4.74 Å². The summed E-state index contributed by atoms with van der Waals surface area (Å²) >= 11 is 1.58. The van der Waals surface area contributed by atoms with E-state index in [0.29, 0.717) is 29.2 Å². The highest BCUT2D eigenvalue weighted by Gasteiger charge is 2.08. The molecule has 2 aromatic carbocycles. The molecule has 0 saturated carbocycles.